The molecule has 2 rings (SSSR count). The molecule has 1 aromatic carbocycles. The third kappa shape index (κ3) is 3.54. The van der Waals surface area contributed by atoms with Crippen LogP contribution in [-0.2, 0) is 0 Å². The fourth-order valence-electron chi connectivity index (χ4n) is 1.74. The number of rotatable bonds is 5. The van der Waals surface area contributed by atoms with Crippen molar-refractivity contribution in [2.75, 3.05) is 23.3 Å². The zero-order chi connectivity index (χ0) is 14.5. The van der Waals surface area contributed by atoms with Crippen molar-refractivity contribution >= 4 is 29.2 Å². The maximum atomic E-state index is 13.1. The fourth-order valence-corrected chi connectivity index (χ4v) is 1.89. The number of benzene rings is 1. The van der Waals surface area contributed by atoms with Crippen LogP contribution in [0.15, 0.2) is 24.3 Å². The molecule has 2 aromatic rings. The minimum Gasteiger partial charge on any atom is -0.341 e. The Morgan fingerprint density at radius 3 is 2.60 bits per heavy atom. The van der Waals surface area contributed by atoms with E-state index in [0.29, 0.717) is 11.6 Å². The summed E-state index contributed by atoms with van der Waals surface area (Å²) in [6.45, 7) is 5.52. The number of aromatic nitrogens is 3. The van der Waals surface area contributed by atoms with Crippen LogP contribution in [0.1, 0.15) is 13.8 Å². The molecule has 0 spiro atoms. The summed E-state index contributed by atoms with van der Waals surface area (Å²) in [6, 6.07) is 6.05. The van der Waals surface area contributed by atoms with Crippen LogP contribution in [0.4, 0.5) is 22.0 Å². The first-order valence-electron chi connectivity index (χ1n) is 6.31. The highest BCUT2D eigenvalue weighted by Crippen LogP contribution is 2.18. The van der Waals surface area contributed by atoms with Gasteiger partial charge in [0.25, 0.3) is 0 Å². The minimum atomic E-state index is -0.334. The molecule has 0 amide bonds. The zero-order valence-electron chi connectivity index (χ0n) is 11.3. The van der Waals surface area contributed by atoms with E-state index in [1.165, 1.54) is 12.1 Å². The molecule has 0 aliphatic carbocycles. The first kappa shape index (κ1) is 14.5. The lowest BCUT2D eigenvalue weighted by Gasteiger charge is -2.18. The topological polar surface area (TPSA) is 53.9 Å². The Bertz CT molecular complexity index is 589. The van der Waals surface area contributed by atoms with Crippen LogP contribution in [0, 0.1) is 5.82 Å². The molecule has 0 bridgehead atoms. The standard InChI is InChI=1S/C13H15ClFN5/c1-3-20(4-2)13-18-11(14)17-12(19-13)16-10-7-5-6-9(15)8-10/h5-8H,3-4H2,1-2H3,(H,16,17,18,19). The van der Waals surface area contributed by atoms with Crippen LogP contribution >= 0.6 is 11.6 Å². The molecule has 1 N–H and O–H groups in total. The van der Waals surface area contributed by atoms with Gasteiger partial charge in [-0.2, -0.15) is 15.0 Å². The smallest absolute Gasteiger partial charge is 0.233 e. The van der Waals surface area contributed by atoms with Gasteiger partial charge in [-0.3, -0.25) is 0 Å². The molecule has 0 fully saturated rings. The average molecular weight is 296 g/mol. The van der Waals surface area contributed by atoms with Crippen molar-refractivity contribution < 1.29 is 4.39 Å². The number of hydrogen-bond donors (Lipinski definition) is 1. The fraction of sp³-hybridized carbons (Fsp3) is 0.308. The Kier molecular flexibility index (Phi) is 4.68. The Morgan fingerprint density at radius 1 is 1.20 bits per heavy atom. The van der Waals surface area contributed by atoms with E-state index in [1.807, 2.05) is 18.7 Å². The van der Waals surface area contributed by atoms with Crippen molar-refractivity contribution in [3.05, 3.63) is 35.4 Å². The summed E-state index contributed by atoms with van der Waals surface area (Å²) < 4.78 is 13.1. The number of nitrogens with one attached hydrogen (secondary N) is 1. The summed E-state index contributed by atoms with van der Waals surface area (Å²) in [5.74, 6) is 0.450. The van der Waals surface area contributed by atoms with Gasteiger partial charge in [0, 0.05) is 18.8 Å². The molecule has 1 aromatic heterocycles. The second kappa shape index (κ2) is 6.47. The highest BCUT2D eigenvalue weighted by Gasteiger charge is 2.10. The summed E-state index contributed by atoms with van der Waals surface area (Å²) in [5.41, 5.74) is 0.553. The minimum absolute atomic E-state index is 0.0980. The molecule has 0 radical (unpaired) electrons. The quantitative estimate of drug-likeness (QED) is 0.917. The van der Waals surface area contributed by atoms with Gasteiger partial charge in [0.05, 0.1) is 0 Å². The maximum absolute atomic E-state index is 13.1. The monoisotopic (exact) mass is 295 g/mol. The van der Waals surface area contributed by atoms with Crippen molar-refractivity contribution in [2.45, 2.75) is 13.8 Å². The first-order valence-corrected chi connectivity index (χ1v) is 6.69. The molecular weight excluding hydrogens is 281 g/mol. The predicted octanol–water partition coefficient (Wildman–Crippen LogP) is 3.25. The van der Waals surface area contributed by atoms with Crippen molar-refractivity contribution in [3.63, 3.8) is 0 Å². The summed E-state index contributed by atoms with van der Waals surface area (Å²) in [6.07, 6.45) is 0. The number of anilines is 3. The molecule has 0 atom stereocenters. The highest BCUT2D eigenvalue weighted by molar-refractivity contribution is 6.28. The SMILES string of the molecule is CCN(CC)c1nc(Cl)nc(Nc2cccc(F)c2)n1. The third-order valence-corrected chi connectivity index (χ3v) is 2.89. The second-order valence-electron chi connectivity index (χ2n) is 4.04. The van der Waals surface area contributed by atoms with Crippen LogP contribution in [0.3, 0.4) is 0 Å². The number of nitrogens with zero attached hydrogens (tertiary/aromatic N) is 4. The Balaban J connectivity index is 2.28. The van der Waals surface area contributed by atoms with E-state index in [2.05, 4.69) is 20.3 Å². The summed E-state index contributed by atoms with van der Waals surface area (Å²) in [5, 5.41) is 3.01. The lowest BCUT2D eigenvalue weighted by Crippen LogP contribution is -2.24. The first-order chi connectivity index (χ1) is 9.62. The van der Waals surface area contributed by atoms with E-state index in [0.717, 1.165) is 13.1 Å². The van der Waals surface area contributed by atoms with E-state index in [-0.39, 0.29) is 17.0 Å². The molecule has 0 saturated carbocycles. The van der Waals surface area contributed by atoms with Gasteiger partial charge in [-0.25, -0.2) is 4.39 Å². The molecular formula is C13H15ClFN5. The van der Waals surface area contributed by atoms with Gasteiger partial charge in [0.1, 0.15) is 5.82 Å². The van der Waals surface area contributed by atoms with Gasteiger partial charge in [0.2, 0.25) is 17.2 Å². The molecule has 20 heavy (non-hydrogen) atoms. The molecule has 0 aliphatic heterocycles. The summed E-state index contributed by atoms with van der Waals surface area (Å²) in [4.78, 5) is 14.3. The Hall–Kier alpha value is -1.95. The van der Waals surface area contributed by atoms with E-state index >= 15 is 0 Å². The summed E-state index contributed by atoms with van der Waals surface area (Å²) >= 11 is 5.90. The van der Waals surface area contributed by atoms with E-state index in [4.69, 9.17) is 11.6 Å². The Morgan fingerprint density at radius 2 is 1.95 bits per heavy atom. The van der Waals surface area contributed by atoms with E-state index in [9.17, 15) is 4.39 Å². The van der Waals surface area contributed by atoms with Gasteiger partial charge in [-0.15, -0.1) is 0 Å². The number of hydrogen-bond acceptors (Lipinski definition) is 5. The molecule has 0 aliphatic rings. The van der Waals surface area contributed by atoms with Crippen LogP contribution in [0.25, 0.3) is 0 Å². The lowest BCUT2D eigenvalue weighted by molar-refractivity contribution is 0.628. The normalized spacial score (nSPS) is 10.4. The van der Waals surface area contributed by atoms with Crippen LogP contribution in [0.5, 0.6) is 0 Å². The van der Waals surface area contributed by atoms with Crippen molar-refractivity contribution in [3.8, 4) is 0 Å². The lowest BCUT2D eigenvalue weighted by atomic mass is 10.3. The Labute approximate surface area is 121 Å². The molecule has 0 unspecified atom stereocenters. The van der Waals surface area contributed by atoms with Gasteiger partial charge in [-0.1, -0.05) is 6.07 Å². The third-order valence-electron chi connectivity index (χ3n) is 2.72. The largest absolute Gasteiger partial charge is 0.341 e. The predicted molar refractivity (Wildman–Crippen MR) is 78.1 cm³/mol. The van der Waals surface area contributed by atoms with E-state index in [1.54, 1.807) is 12.1 Å². The van der Waals surface area contributed by atoms with Crippen molar-refractivity contribution in [1.29, 1.82) is 0 Å². The average Bonchev–Trinajstić information content (AvgIpc) is 2.39. The molecule has 106 valence electrons. The van der Waals surface area contributed by atoms with E-state index < -0.39 is 0 Å². The molecule has 5 nitrogen and oxygen atoms in total. The van der Waals surface area contributed by atoms with Crippen LogP contribution < -0.4 is 10.2 Å². The molecule has 0 saturated heterocycles. The summed E-state index contributed by atoms with van der Waals surface area (Å²) in [7, 11) is 0. The van der Waals surface area contributed by atoms with Gasteiger partial charge < -0.3 is 10.2 Å². The van der Waals surface area contributed by atoms with Crippen molar-refractivity contribution in [2.24, 2.45) is 0 Å². The molecule has 7 heteroatoms. The zero-order valence-corrected chi connectivity index (χ0v) is 12.0. The second-order valence-corrected chi connectivity index (χ2v) is 4.37. The highest BCUT2D eigenvalue weighted by atomic mass is 35.5. The van der Waals surface area contributed by atoms with Crippen LogP contribution in [-0.4, -0.2) is 28.0 Å². The maximum Gasteiger partial charge on any atom is 0.233 e. The number of halogens is 2. The van der Waals surface area contributed by atoms with Crippen LogP contribution in [0.2, 0.25) is 5.28 Å². The van der Waals surface area contributed by atoms with Gasteiger partial charge >= 0.3 is 0 Å². The van der Waals surface area contributed by atoms with Crippen molar-refractivity contribution in [1.82, 2.24) is 15.0 Å². The van der Waals surface area contributed by atoms with Gasteiger partial charge in [0.15, 0.2) is 0 Å². The molecule has 1 heterocycles. The van der Waals surface area contributed by atoms with Gasteiger partial charge in [-0.05, 0) is 43.6 Å².